The van der Waals surface area contributed by atoms with Crippen molar-refractivity contribution in [3.8, 4) is 0 Å². The summed E-state index contributed by atoms with van der Waals surface area (Å²) in [6.07, 6.45) is 2.23. The second kappa shape index (κ2) is 7.47. The average molecular weight is 349 g/mol. The molecule has 1 amide bonds. The lowest BCUT2D eigenvalue weighted by Crippen LogP contribution is -2.36. The molecule has 1 fully saturated rings. The van der Waals surface area contributed by atoms with E-state index in [-0.39, 0.29) is 5.91 Å². The normalized spacial score (nSPS) is 18.3. The van der Waals surface area contributed by atoms with E-state index in [4.69, 9.17) is 11.6 Å². The third kappa shape index (κ3) is 4.14. The Morgan fingerprint density at radius 3 is 2.83 bits per heavy atom. The topological polar surface area (TPSA) is 32.3 Å². The largest absolute Gasteiger partial charge is 0.350 e. The number of nitrogens with zero attached hydrogens (tertiary/aromatic N) is 1. The van der Waals surface area contributed by atoms with Gasteiger partial charge >= 0.3 is 0 Å². The van der Waals surface area contributed by atoms with Gasteiger partial charge in [0.1, 0.15) is 0 Å². The minimum absolute atomic E-state index is 0.0960. The number of halogens is 1. The first-order valence-electron chi connectivity index (χ1n) is 7.92. The van der Waals surface area contributed by atoms with E-state index in [0.717, 1.165) is 24.4 Å². The van der Waals surface area contributed by atoms with Gasteiger partial charge in [0.25, 0.3) is 0 Å². The van der Waals surface area contributed by atoms with Gasteiger partial charge in [-0.05, 0) is 61.0 Å². The fourth-order valence-corrected chi connectivity index (χ4v) is 4.05. The summed E-state index contributed by atoms with van der Waals surface area (Å²) in [6, 6.07) is 10.4. The highest BCUT2D eigenvalue weighted by molar-refractivity contribution is 7.10. The zero-order chi connectivity index (χ0) is 16.2. The number of likely N-dealkylation sites (tertiary alicyclic amines) is 1. The van der Waals surface area contributed by atoms with Gasteiger partial charge in [-0.1, -0.05) is 23.7 Å². The van der Waals surface area contributed by atoms with Crippen LogP contribution in [0, 0.1) is 6.92 Å². The molecule has 2 aromatic rings. The van der Waals surface area contributed by atoms with Gasteiger partial charge in [-0.15, -0.1) is 11.3 Å². The second-order valence-electron chi connectivity index (χ2n) is 5.98. The molecule has 0 spiro atoms. The molecule has 0 aliphatic carbocycles. The SMILES string of the molecule is Cc1ccsc1CNC(=O)CN1CCCC1c1ccc(Cl)cc1. The highest BCUT2D eigenvalue weighted by atomic mass is 35.5. The van der Waals surface area contributed by atoms with E-state index in [0.29, 0.717) is 19.1 Å². The maximum Gasteiger partial charge on any atom is 0.234 e. The van der Waals surface area contributed by atoms with Crippen LogP contribution < -0.4 is 5.32 Å². The van der Waals surface area contributed by atoms with Gasteiger partial charge in [-0.25, -0.2) is 0 Å². The highest BCUT2D eigenvalue weighted by Crippen LogP contribution is 2.32. The Balaban J connectivity index is 1.56. The van der Waals surface area contributed by atoms with Crippen molar-refractivity contribution in [3.63, 3.8) is 0 Å². The summed E-state index contributed by atoms with van der Waals surface area (Å²) in [6.45, 7) is 4.13. The number of thiophene rings is 1. The lowest BCUT2D eigenvalue weighted by atomic mass is 10.0. The third-order valence-electron chi connectivity index (χ3n) is 4.38. The third-order valence-corrected chi connectivity index (χ3v) is 5.65. The van der Waals surface area contributed by atoms with Crippen molar-refractivity contribution in [2.45, 2.75) is 32.4 Å². The Hall–Kier alpha value is -1.36. The number of hydrogen-bond acceptors (Lipinski definition) is 3. The summed E-state index contributed by atoms with van der Waals surface area (Å²) < 4.78 is 0. The maximum absolute atomic E-state index is 12.3. The van der Waals surface area contributed by atoms with Crippen LogP contribution in [0.15, 0.2) is 35.7 Å². The Labute approximate surface area is 146 Å². The van der Waals surface area contributed by atoms with Crippen LogP contribution in [0.25, 0.3) is 0 Å². The molecule has 1 unspecified atom stereocenters. The van der Waals surface area contributed by atoms with Crippen molar-refractivity contribution in [2.24, 2.45) is 0 Å². The quantitative estimate of drug-likeness (QED) is 0.879. The Kier molecular flexibility index (Phi) is 5.36. The maximum atomic E-state index is 12.3. The molecule has 1 N–H and O–H groups in total. The van der Waals surface area contributed by atoms with Crippen LogP contribution in [-0.4, -0.2) is 23.9 Å². The van der Waals surface area contributed by atoms with E-state index in [1.54, 1.807) is 11.3 Å². The molecule has 3 nitrogen and oxygen atoms in total. The fraction of sp³-hybridized carbons (Fsp3) is 0.389. The van der Waals surface area contributed by atoms with E-state index in [9.17, 15) is 4.79 Å². The van der Waals surface area contributed by atoms with Crippen LogP contribution in [-0.2, 0) is 11.3 Å². The Morgan fingerprint density at radius 1 is 1.35 bits per heavy atom. The van der Waals surface area contributed by atoms with Gasteiger partial charge in [0.15, 0.2) is 0 Å². The van der Waals surface area contributed by atoms with Crippen molar-refractivity contribution in [1.29, 1.82) is 0 Å². The molecule has 1 aliphatic rings. The number of rotatable bonds is 5. The van der Waals surface area contributed by atoms with Gasteiger partial charge < -0.3 is 5.32 Å². The van der Waals surface area contributed by atoms with E-state index < -0.39 is 0 Å². The van der Waals surface area contributed by atoms with E-state index in [1.807, 2.05) is 12.1 Å². The molecule has 3 rings (SSSR count). The Bertz CT molecular complexity index is 668. The van der Waals surface area contributed by atoms with E-state index in [2.05, 4.69) is 40.7 Å². The van der Waals surface area contributed by atoms with Gasteiger partial charge in [0.05, 0.1) is 13.1 Å². The molecule has 1 saturated heterocycles. The lowest BCUT2D eigenvalue weighted by Gasteiger charge is -2.24. The smallest absolute Gasteiger partial charge is 0.234 e. The highest BCUT2D eigenvalue weighted by Gasteiger charge is 2.27. The monoisotopic (exact) mass is 348 g/mol. The van der Waals surface area contributed by atoms with Gasteiger partial charge in [0, 0.05) is 15.9 Å². The van der Waals surface area contributed by atoms with Gasteiger partial charge in [-0.3, -0.25) is 9.69 Å². The molecule has 1 atom stereocenters. The summed E-state index contributed by atoms with van der Waals surface area (Å²) in [5.74, 6) is 0.0960. The molecule has 122 valence electrons. The molecule has 0 saturated carbocycles. The standard InChI is InChI=1S/C18H21ClN2OS/c1-13-8-10-23-17(13)11-20-18(22)12-21-9-2-3-16(21)14-4-6-15(19)7-5-14/h4-8,10,16H,2-3,9,11-12H2,1H3,(H,20,22). The molecule has 1 aromatic heterocycles. The number of hydrogen-bond donors (Lipinski definition) is 1. The zero-order valence-electron chi connectivity index (χ0n) is 13.2. The first kappa shape index (κ1) is 16.5. The number of carbonyl (C=O) groups excluding carboxylic acids is 1. The summed E-state index contributed by atoms with van der Waals surface area (Å²) >= 11 is 7.66. The number of aryl methyl sites for hydroxylation is 1. The predicted molar refractivity (Wildman–Crippen MR) is 95.9 cm³/mol. The summed E-state index contributed by atoms with van der Waals surface area (Å²) in [4.78, 5) is 15.8. The molecule has 5 heteroatoms. The van der Waals surface area contributed by atoms with Crippen LogP contribution in [0.1, 0.15) is 34.9 Å². The van der Waals surface area contributed by atoms with Gasteiger partial charge in [-0.2, -0.15) is 0 Å². The van der Waals surface area contributed by atoms with E-state index >= 15 is 0 Å². The predicted octanol–water partition coefficient (Wildman–Crippen LogP) is 4.16. The van der Waals surface area contributed by atoms with Crippen LogP contribution in [0.5, 0.6) is 0 Å². The van der Waals surface area contributed by atoms with E-state index in [1.165, 1.54) is 16.0 Å². The molecule has 2 heterocycles. The molecule has 0 bridgehead atoms. The van der Waals surface area contributed by atoms with Crippen molar-refractivity contribution >= 4 is 28.8 Å². The number of nitrogens with one attached hydrogen (secondary N) is 1. The lowest BCUT2D eigenvalue weighted by molar-refractivity contribution is -0.122. The Morgan fingerprint density at radius 2 is 2.13 bits per heavy atom. The van der Waals surface area contributed by atoms with Crippen LogP contribution in [0.3, 0.4) is 0 Å². The average Bonchev–Trinajstić information content (AvgIpc) is 3.15. The minimum atomic E-state index is 0.0960. The molecular formula is C18H21ClN2OS. The summed E-state index contributed by atoms with van der Waals surface area (Å²) in [7, 11) is 0. The van der Waals surface area contributed by atoms with Crippen LogP contribution in [0.4, 0.5) is 0 Å². The van der Waals surface area contributed by atoms with Crippen molar-refractivity contribution in [3.05, 3.63) is 56.7 Å². The fourth-order valence-electron chi connectivity index (χ4n) is 3.08. The zero-order valence-corrected chi connectivity index (χ0v) is 14.8. The molecule has 0 radical (unpaired) electrons. The van der Waals surface area contributed by atoms with Crippen LogP contribution >= 0.6 is 22.9 Å². The number of amides is 1. The molecule has 1 aromatic carbocycles. The first-order valence-corrected chi connectivity index (χ1v) is 9.18. The molecule has 23 heavy (non-hydrogen) atoms. The molecular weight excluding hydrogens is 328 g/mol. The van der Waals surface area contributed by atoms with Crippen LogP contribution in [0.2, 0.25) is 5.02 Å². The van der Waals surface area contributed by atoms with Gasteiger partial charge in [0.2, 0.25) is 5.91 Å². The minimum Gasteiger partial charge on any atom is -0.350 e. The van der Waals surface area contributed by atoms with Crippen molar-refractivity contribution in [2.75, 3.05) is 13.1 Å². The first-order chi connectivity index (χ1) is 11.1. The second-order valence-corrected chi connectivity index (χ2v) is 7.42. The number of benzene rings is 1. The summed E-state index contributed by atoms with van der Waals surface area (Å²) in [5, 5.41) is 5.86. The van der Waals surface area contributed by atoms with Crippen molar-refractivity contribution in [1.82, 2.24) is 10.2 Å². The molecule has 1 aliphatic heterocycles. The number of carbonyl (C=O) groups is 1. The summed E-state index contributed by atoms with van der Waals surface area (Å²) in [5.41, 5.74) is 2.49. The van der Waals surface area contributed by atoms with Crippen molar-refractivity contribution < 1.29 is 4.79 Å².